The zero-order valence-electron chi connectivity index (χ0n) is 17.4. The second-order valence-electron chi connectivity index (χ2n) is 6.66. The van der Waals surface area contributed by atoms with Crippen LogP contribution in [0.15, 0.2) is 24.4 Å². The maximum atomic E-state index is 14.6. The minimum Gasteiger partial charge on any atom is -0.475 e. The number of ether oxygens (including phenoxy) is 2. The van der Waals surface area contributed by atoms with Crippen molar-refractivity contribution >= 4 is 23.2 Å². The van der Waals surface area contributed by atoms with Gasteiger partial charge in [0.25, 0.3) is 5.91 Å². The number of hydrogen-bond acceptors (Lipinski definition) is 8. The van der Waals surface area contributed by atoms with Crippen LogP contribution in [0.25, 0.3) is 0 Å². The number of nitrogens with two attached hydrogens (primary N) is 2. The third-order valence-corrected chi connectivity index (χ3v) is 4.53. The molecule has 0 radical (unpaired) electrons. The Kier molecular flexibility index (Phi) is 8.75. The van der Waals surface area contributed by atoms with Gasteiger partial charge in [0, 0.05) is 37.1 Å². The maximum absolute atomic E-state index is 14.6. The third kappa shape index (κ3) is 6.26. The molecule has 2 aromatic rings. The van der Waals surface area contributed by atoms with Gasteiger partial charge in [-0.05, 0) is 25.0 Å². The summed E-state index contributed by atoms with van der Waals surface area (Å²) in [5.74, 6) is -1.03. The van der Waals surface area contributed by atoms with Crippen molar-refractivity contribution in [3.05, 3.63) is 35.8 Å². The van der Waals surface area contributed by atoms with Crippen LogP contribution in [-0.4, -0.2) is 48.3 Å². The minimum atomic E-state index is -0.807. The molecule has 9 nitrogen and oxygen atoms in total. The summed E-state index contributed by atoms with van der Waals surface area (Å²) < 4.78 is 25.0. The number of aromatic nitrogens is 2. The Balaban J connectivity index is 2.31. The summed E-state index contributed by atoms with van der Waals surface area (Å²) in [5, 5.41) is 6.02. The van der Waals surface area contributed by atoms with Gasteiger partial charge in [-0.2, -0.15) is 0 Å². The summed E-state index contributed by atoms with van der Waals surface area (Å²) in [6.45, 7) is 4.65. The highest BCUT2D eigenvalue weighted by Crippen LogP contribution is 2.26. The molecule has 0 unspecified atom stereocenters. The Morgan fingerprint density at radius 3 is 2.63 bits per heavy atom. The molecular formula is C20H29FN6O3. The first-order valence-corrected chi connectivity index (χ1v) is 9.76. The Hall–Kier alpha value is -2.98. The molecule has 2 aromatic heterocycles. The molecule has 0 aliphatic rings. The normalized spacial score (nSPS) is 12.8. The van der Waals surface area contributed by atoms with Crippen molar-refractivity contribution in [1.82, 2.24) is 9.97 Å². The average Bonchev–Trinajstić information content (AvgIpc) is 2.73. The van der Waals surface area contributed by atoms with Crippen LogP contribution < -0.4 is 26.8 Å². The monoisotopic (exact) mass is 420 g/mol. The van der Waals surface area contributed by atoms with E-state index >= 15 is 0 Å². The third-order valence-electron chi connectivity index (χ3n) is 4.53. The molecule has 0 saturated carbocycles. The Labute approximate surface area is 175 Å². The van der Waals surface area contributed by atoms with Gasteiger partial charge >= 0.3 is 0 Å². The van der Waals surface area contributed by atoms with E-state index in [0.29, 0.717) is 31.2 Å². The number of rotatable bonds is 12. The van der Waals surface area contributed by atoms with Gasteiger partial charge in [0.05, 0.1) is 12.2 Å². The number of nitrogens with zero attached hydrogens (tertiary/aromatic N) is 2. The molecule has 6 N–H and O–H groups in total. The van der Waals surface area contributed by atoms with Gasteiger partial charge in [0.15, 0.2) is 11.6 Å². The molecule has 0 aliphatic heterocycles. The molecule has 10 heteroatoms. The Bertz CT molecular complexity index is 851. The van der Waals surface area contributed by atoms with E-state index < -0.39 is 11.7 Å². The second kappa shape index (κ2) is 11.3. The minimum absolute atomic E-state index is 0.0103. The zero-order valence-corrected chi connectivity index (χ0v) is 17.4. The predicted molar refractivity (Wildman–Crippen MR) is 114 cm³/mol. The van der Waals surface area contributed by atoms with E-state index in [4.69, 9.17) is 20.9 Å². The zero-order chi connectivity index (χ0) is 22.1. The number of pyridine rings is 2. The molecule has 164 valence electrons. The lowest BCUT2D eigenvalue weighted by Crippen LogP contribution is -2.39. The highest BCUT2D eigenvalue weighted by atomic mass is 19.1. The molecule has 0 aliphatic carbocycles. The molecule has 2 heterocycles. The van der Waals surface area contributed by atoms with Gasteiger partial charge in [0.1, 0.15) is 12.4 Å². The number of carbonyl (C=O) groups excluding carboxylic acids is 1. The highest BCUT2D eigenvalue weighted by molar-refractivity contribution is 5.98. The fourth-order valence-electron chi connectivity index (χ4n) is 2.78. The summed E-state index contributed by atoms with van der Waals surface area (Å²) in [5.41, 5.74) is 12.0. The van der Waals surface area contributed by atoms with Crippen molar-refractivity contribution in [3.63, 3.8) is 0 Å². The SMILES string of the molecule is CC[C@H](N)[C@@H](CC)Nc1nc(Nc2ccnc(OCCOC)c2)c(C(N)=O)cc1F. The summed E-state index contributed by atoms with van der Waals surface area (Å²) in [4.78, 5) is 20.2. The van der Waals surface area contributed by atoms with E-state index in [1.54, 1.807) is 19.2 Å². The number of amides is 1. The number of halogens is 1. The van der Waals surface area contributed by atoms with Gasteiger partial charge in [-0.3, -0.25) is 4.79 Å². The molecule has 1 amide bonds. The van der Waals surface area contributed by atoms with Crippen molar-refractivity contribution < 1.29 is 18.7 Å². The molecule has 2 atom stereocenters. The van der Waals surface area contributed by atoms with Crippen LogP contribution in [0.2, 0.25) is 0 Å². The first-order valence-electron chi connectivity index (χ1n) is 9.76. The fraction of sp³-hybridized carbons (Fsp3) is 0.450. The number of carbonyl (C=O) groups is 1. The van der Waals surface area contributed by atoms with Gasteiger partial charge in [-0.1, -0.05) is 13.8 Å². The number of nitrogens with one attached hydrogen (secondary N) is 2. The van der Waals surface area contributed by atoms with Crippen molar-refractivity contribution in [3.8, 4) is 5.88 Å². The Morgan fingerprint density at radius 2 is 2.00 bits per heavy atom. The van der Waals surface area contributed by atoms with Crippen LogP contribution in [0.4, 0.5) is 21.7 Å². The van der Waals surface area contributed by atoms with Gasteiger partial charge in [-0.15, -0.1) is 0 Å². The lowest BCUT2D eigenvalue weighted by molar-refractivity contribution is 0.100. The van der Waals surface area contributed by atoms with Crippen LogP contribution >= 0.6 is 0 Å². The molecule has 2 rings (SSSR count). The fourth-order valence-corrected chi connectivity index (χ4v) is 2.78. The van der Waals surface area contributed by atoms with Crippen molar-refractivity contribution in [2.24, 2.45) is 11.5 Å². The van der Waals surface area contributed by atoms with E-state index in [1.165, 1.54) is 6.20 Å². The molecule has 30 heavy (non-hydrogen) atoms. The Morgan fingerprint density at radius 1 is 1.23 bits per heavy atom. The molecule has 0 saturated heterocycles. The number of methoxy groups -OCH3 is 1. The number of hydrogen-bond donors (Lipinski definition) is 4. The number of anilines is 3. The molecule has 0 spiro atoms. The second-order valence-corrected chi connectivity index (χ2v) is 6.66. The standard InChI is InChI=1S/C20H29FN6O3/c1-4-15(22)16(5-2)26-20-14(21)11-13(18(23)28)19(27-20)25-12-6-7-24-17(10-12)30-9-8-29-3/h6-7,10-11,15-16H,4-5,8-9,22H2,1-3H3,(H2,23,28)(H2,24,25,26,27)/t15-,16+/m0/s1. The first-order chi connectivity index (χ1) is 14.4. The predicted octanol–water partition coefficient (Wildman–Crippen LogP) is 2.41. The number of primary amides is 1. The first kappa shape index (κ1) is 23.3. The lowest BCUT2D eigenvalue weighted by atomic mass is 10.0. The van der Waals surface area contributed by atoms with E-state index in [0.717, 1.165) is 12.5 Å². The van der Waals surface area contributed by atoms with Gasteiger partial charge < -0.3 is 31.6 Å². The van der Waals surface area contributed by atoms with E-state index in [-0.39, 0.29) is 29.3 Å². The highest BCUT2D eigenvalue weighted by Gasteiger charge is 2.20. The van der Waals surface area contributed by atoms with E-state index in [1.807, 2.05) is 13.8 Å². The van der Waals surface area contributed by atoms with Crippen LogP contribution in [0, 0.1) is 5.82 Å². The topological polar surface area (TPSA) is 137 Å². The summed E-state index contributed by atoms with van der Waals surface area (Å²) in [6.07, 6.45) is 2.94. The van der Waals surface area contributed by atoms with Crippen molar-refractivity contribution in [1.29, 1.82) is 0 Å². The quantitative estimate of drug-likeness (QED) is 0.384. The van der Waals surface area contributed by atoms with Crippen LogP contribution in [-0.2, 0) is 4.74 Å². The van der Waals surface area contributed by atoms with Gasteiger partial charge in [-0.25, -0.2) is 14.4 Å². The maximum Gasteiger partial charge on any atom is 0.252 e. The van der Waals surface area contributed by atoms with Crippen molar-refractivity contribution in [2.45, 2.75) is 38.8 Å². The average molecular weight is 420 g/mol. The van der Waals surface area contributed by atoms with Gasteiger partial charge in [0.2, 0.25) is 5.88 Å². The molecule has 0 aromatic carbocycles. The van der Waals surface area contributed by atoms with Crippen LogP contribution in [0.1, 0.15) is 37.0 Å². The smallest absolute Gasteiger partial charge is 0.252 e. The molecule has 0 bridgehead atoms. The van der Waals surface area contributed by atoms with Crippen LogP contribution in [0.5, 0.6) is 5.88 Å². The summed E-state index contributed by atoms with van der Waals surface area (Å²) in [7, 11) is 1.57. The van der Waals surface area contributed by atoms with Crippen LogP contribution in [0.3, 0.4) is 0 Å². The van der Waals surface area contributed by atoms with E-state index in [2.05, 4.69) is 20.6 Å². The molecule has 0 fully saturated rings. The summed E-state index contributed by atoms with van der Waals surface area (Å²) >= 11 is 0. The summed E-state index contributed by atoms with van der Waals surface area (Å²) in [6, 6.07) is 4.00. The van der Waals surface area contributed by atoms with E-state index in [9.17, 15) is 9.18 Å². The lowest BCUT2D eigenvalue weighted by Gasteiger charge is -2.24. The molecular weight excluding hydrogens is 391 g/mol. The largest absolute Gasteiger partial charge is 0.475 e. The van der Waals surface area contributed by atoms with Crippen molar-refractivity contribution in [2.75, 3.05) is 31.0 Å².